The molecular weight excluding hydrogens is 294 g/mol. The normalized spacial score (nSPS) is 11.3. The van der Waals surface area contributed by atoms with E-state index in [1.807, 2.05) is 35.0 Å². The fraction of sp³-hybridized carbons (Fsp3) is 0.294. The lowest BCUT2D eigenvalue weighted by molar-refractivity contribution is 0.282. The number of nitrogens with zero attached hydrogens (tertiary/aromatic N) is 3. The summed E-state index contributed by atoms with van der Waals surface area (Å²) in [5.41, 5.74) is 1.93. The Morgan fingerprint density at radius 2 is 1.95 bits per heavy atom. The van der Waals surface area contributed by atoms with Crippen LogP contribution in [-0.4, -0.2) is 19.9 Å². The third-order valence-electron chi connectivity index (χ3n) is 3.47. The fourth-order valence-corrected chi connectivity index (χ4v) is 3.03. The number of thiophene rings is 1. The standard InChI is InChI=1S/C17H19N3OS/c1-12(2)20-17(14-7-5-13(11-21)6-8-14)18-16(19-20)10-15-4-3-9-22-15/h3-9,12,21H,10-11H2,1-2H3. The SMILES string of the molecule is CC(C)n1nc(Cc2cccs2)nc1-c1ccc(CO)cc1. The summed E-state index contributed by atoms with van der Waals surface area (Å²) in [7, 11) is 0. The predicted octanol–water partition coefficient (Wildman–Crippen LogP) is 3.67. The molecule has 2 aromatic heterocycles. The first-order chi connectivity index (χ1) is 10.7. The van der Waals surface area contributed by atoms with Gasteiger partial charge >= 0.3 is 0 Å². The van der Waals surface area contributed by atoms with Gasteiger partial charge in [-0.2, -0.15) is 5.10 Å². The average Bonchev–Trinajstić information content (AvgIpc) is 3.17. The smallest absolute Gasteiger partial charge is 0.158 e. The largest absolute Gasteiger partial charge is 0.392 e. The van der Waals surface area contributed by atoms with Crippen LogP contribution in [0.5, 0.6) is 0 Å². The van der Waals surface area contributed by atoms with Crippen LogP contribution in [0.3, 0.4) is 0 Å². The maximum atomic E-state index is 9.16. The molecule has 4 nitrogen and oxygen atoms in total. The number of rotatable bonds is 5. The number of benzene rings is 1. The van der Waals surface area contributed by atoms with Gasteiger partial charge in [0.1, 0.15) is 0 Å². The Bertz CT molecular complexity index is 730. The minimum absolute atomic E-state index is 0.0563. The molecular formula is C17H19N3OS. The summed E-state index contributed by atoms with van der Waals surface area (Å²) in [4.78, 5) is 5.99. The van der Waals surface area contributed by atoms with Gasteiger partial charge < -0.3 is 5.11 Å². The van der Waals surface area contributed by atoms with E-state index in [-0.39, 0.29) is 12.6 Å². The van der Waals surface area contributed by atoms with E-state index < -0.39 is 0 Å². The minimum Gasteiger partial charge on any atom is -0.392 e. The van der Waals surface area contributed by atoms with Gasteiger partial charge in [-0.05, 0) is 30.9 Å². The third kappa shape index (κ3) is 3.10. The summed E-state index contributed by atoms with van der Waals surface area (Å²) < 4.78 is 1.97. The van der Waals surface area contributed by atoms with E-state index in [9.17, 15) is 0 Å². The lowest BCUT2D eigenvalue weighted by Crippen LogP contribution is -2.05. The Balaban J connectivity index is 1.96. The molecule has 0 saturated carbocycles. The van der Waals surface area contributed by atoms with Crippen molar-refractivity contribution >= 4 is 11.3 Å². The first-order valence-electron chi connectivity index (χ1n) is 7.35. The van der Waals surface area contributed by atoms with Gasteiger partial charge in [-0.15, -0.1) is 11.3 Å². The van der Waals surface area contributed by atoms with E-state index in [4.69, 9.17) is 10.1 Å². The van der Waals surface area contributed by atoms with E-state index in [1.54, 1.807) is 11.3 Å². The van der Waals surface area contributed by atoms with Gasteiger partial charge in [-0.25, -0.2) is 9.67 Å². The molecule has 1 aromatic carbocycles. The second-order valence-electron chi connectivity index (χ2n) is 5.50. The van der Waals surface area contributed by atoms with Crippen LogP contribution >= 0.6 is 11.3 Å². The highest BCUT2D eigenvalue weighted by Crippen LogP contribution is 2.23. The molecule has 0 aliphatic heterocycles. The molecule has 5 heteroatoms. The van der Waals surface area contributed by atoms with E-state index in [0.717, 1.165) is 29.2 Å². The molecule has 0 unspecified atom stereocenters. The molecule has 0 aliphatic carbocycles. The molecule has 0 spiro atoms. The van der Waals surface area contributed by atoms with Crippen molar-refractivity contribution in [2.75, 3.05) is 0 Å². The Labute approximate surface area is 134 Å². The molecule has 0 fully saturated rings. The van der Waals surface area contributed by atoms with Gasteiger partial charge in [0.05, 0.1) is 6.61 Å². The van der Waals surface area contributed by atoms with E-state index in [1.165, 1.54) is 4.88 Å². The van der Waals surface area contributed by atoms with Crippen LogP contribution in [0.1, 0.15) is 36.2 Å². The van der Waals surface area contributed by atoms with Crippen LogP contribution in [0.15, 0.2) is 41.8 Å². The number of aliphatic hydroxyl groups is 1. The summed E-state index contributed by atoms with van der Waals surface area (Å²) in [6.45, 7) is 4.27. The Morgan fingerprint density at radius 3 is 2.55 bits per heavy atom. The molecule has 0 saturated heterocycles. The van der Waals surface area contributed by atoms with Gasteiger partial charge in [-0.1, -0.05) is 30.3 Å². The van der Waals surface area contributed by atoms with Gasteiger partial charge in [0.25, 0.3) is 0 Å². The maximum Gasteiger partial charge on any atom is 0.158 e. The molecule has 0 amide bonds. The summed E-state index contributed by atoms with van der Waals surface area (Å²) >= 11 is 1.72. The third-order valence-corrected chi connectivity index (χ3v) is 4.35. The predicted molar refractivity (Wildman–Crippen MR) is 88.9 cm³/mol. The van der Waals surface area contributed by atoms with Crippen LogP contribution in [-0.2, 0) is 13.0 Å². The van der Waals surface area contributed by atoms with Crippen molar-refractivity contribution in [1.29, 1.82) is 0 Å². The second-order valence-corrected chi connectivity index (χ2v) is 6.53. The molecule has 0 atom stereocenters. The quantitative estimate of drug-likeness (QED) is 0.782. The van der Waals surface area contributed by atoms with Crippen molar-refractivity contribution in [3.8, 4) is 11.4 Å². The van der Waals surface area contributed by atoms with Crippen LogP contribution in [0.25, 0.3) is 11.4 Å². The van der Waals surface area contributed by atoms with Crippen molar-refractivity contribution in [3.05, 3.63) is 58.0 Å². The zero-order valence-electron chi connectivity index (χ0n) is 12.7. The van der Waals surface area contributed by atoms with Gasteiger partial charge in [-0.3, -0.25) is 0 Å². The zero-order chi connectivity index (χ0) is 15.5. The Hall–Kier alpha value is -1.98. The monoisotopic (exact) mass is 313 g/mol. The Kier molecular flexibility index (Phi) is 4.36. The van der Waals surface area contributed by atoms with E-state index in [2.05, 4.69) is 30.4 Å². The molecule has 0 aliphatic rings. The van der Waals surface area contributed by atoms with Crippen molar-refractivity contribution in [1.82, 2.24) is 14.8 Å². The molecule has 3 rings (SSSR count). The van der Waals surface area contributed by atoms with Crippen LogP contribution < -0.4 is 0 Å². The van der Waals surface area contributed by atoms with Gasteiger partial charge in [0.15, 0.2) is 11.6 Å². The van der Waals surface area contributed by atoms with Crippen LogP contribution in [0.4, 0.5) is 0 Å². The van der Waals surface area contributed by atoms with E-state index >= 15 is 0 Å². The first-order valence-corrected chi connectivity index (χ1v) is 8.23. The fourth-order valence-electron chi connectivity index (χ4n) is 2.33. The number of aromatic nitrogens is 3. The van der Waals surface area contributed by atoms with Crippen LogP contribution in [0.2, 0.25) is 0 Å². The first kappa shape index (κ1) is 14.9. The molecule has 0 bridgehead atoms. The van der Waals surface area contributed by atoms with Crippen molar-refractivity contribution in [2.24, 2.45) is 0 Å². The summed E-state index contributed by atoms with van der Waals surface area (Å²) in [6.07, 6.45) is 0.763. The highest BCUT2D eigenvalue weighted by Gasteiger charge is 2.14. The average molecular weight is 313 g/mol. The molecule has 0 radical (unpaired) electrons. The maximum absolute atomic E-state index is 9.16. The highest BCUT2D eigenvalue weighted by molar-refractivity contribution is 7.09. The second kappa shape index (κ2) is 6.42. The number of aliphatic hydroxyl groups excluding tert-OH is 1. The topological polar surface area (TPSA) is 50.9 Å². The van der Waals surface area contributed by atoms with Crippen molar-refractivity contribution in [3.63, 3.8) is 0 Å². The molecule has 1 N–H and O–H groups in total. The van der Waals surface area contributed by atoms with Crippen molar-refractivity contribution in [2.45, 2.75) is 32.9 Å². The lowest BCUT2D eigenvalue weighted by Gasteiger charge is -2.09. The molecule has 22 heavy (non-hydrogen) atoms. The van der Waals surface area contributed by atoms with E-state index in [0.29, 0.717) is 0 Å². The number of hydrogen-bond acceptors (Lipinski definition) is 4. The Morgan fingerprint density at radius 1 is 1.18 bits per heavy atom. The molecule has 114 valence electrons. The number of hydrogen-bond donors (Lipinski definition) is 1. The van der Waals surface area contributed by atoms with Gasteiger partial charge in [0.2, 0.25) is 0 Å². The summed E-state index contributed by atoms with van der Waals surface area (Å²) in [6, 6.07) is 12.2. The highest BCUT2D eigenvalue weighted by atomic mass is 32.1. The summed E-state index contributed by atoms with van der Waals surface area (Å²) in [5.74, 6) is 1.73. The summed E-state index contributed by atoms with van der Waals surface area (Å²) in [5, 5.41) is 15.9. The zero-order valence-corrected chi connectivity index (χ0v) is 13.5. The lowest BCUT2D eigenvalue weighted by atomic mass is 10.1. The van der Waals surface area contributed by atoms with Crippen LogP contribution in [0, 0.1) is 0 Å². The molecule has 3 aromatic rings. The molecule has 2 heterocycles. The van der Waals surface area contributed by atoms with Gasteiger partial charge in [0, 0.05) is 22.9 Å². The minimum atomic E-state index is 0.0563. The van der Waals surface area contributed by atoms with Crippen molar-refractivity contribution < 1.29 is 5.11 Å².